The molecule has 1 aromatic heterocycles. The Labute approximate surface area is 163 Å². The van der Waals surface area contributed by atoms with Crippen LogP contribution in [0, 0.1) is 0 Å². The summed E-state index contributed by atoms with van der Waals surface area (Å²) in [6.45, 7) is 0. The van der Waals surface area contributed by atoms with Gasteiger partial charge in [-0.2, -0.15) is 5.10 Å². The SMILES string of the molecule is COC(=O)Nc1ccc(-c2cc(C(N)Cc3ccccc3)nnc2OC)cc1. The minimum absolute atomic E-state index is 0.292. The number of amides is 1. The summed E-state index contributed by atoms with van der Waals surface area (Å²) >= 11 is 0. The zero-order valence-corrected chi connectivity index (χ0v) is 15.8. The second kappa shape index (κ2) is 8.96. The number of hydrogen-bond acceptors (Lipinski definition) is 6. The summed E-state index contributed by atoms with van der Waals surface area (Å²) < 4.78 is 9.96. The zero-order valence-electron chi connectivity index (χ0n) is 15.8. The average molecular weight is 378 g/mol. The van der Waals surface area contributed by atoms with E-state index in [4.69, 9.17) is 10.5 Å². The van der Waals surface area contributed by atoms with Crippen LogP contribution in [0.4, 0.5) is 10.5 Å². The molecule has 0 bridgehead atoms. The third-order valence-corrected chi connectivity index (χ3v) is 4.28. The number of anilines is 1. The molecule has 28 heavy (non-hydrogen) atoms. The number of aromatic nitrogens is 2. The number of ether oxygens (including phenoxy) is 2. The predicted octanol–water partition coefficient (Wildman–Crippen LogP) is 3.57. The summed E-state index contributed by atoms with van der Waals surface area (Å²) in [6.07, 6.45) is 0.133. The Morgan fingerprint density at radius 1 is 1.07 bits per heavy atom. The maximum absolute atomic E-state index is 11.3. The Bertz CT molecular complexity index is 930. The third kappa shape index (κ3) is 4.63. The van der Waals surface area contributed by atoms with Gasteiger partial charge in [0.05, 0.1) is 26.0 Å². The highest BCUT2D eigenvalue weighted by Crippen LogP contribution is 2.30. The van der Waals surface area contributed by atoms with E-state index >= 15 is 0 Å². The van der Waals surface area contributed by atoms with E-state index in [2.05, 4.69) is 20.3 Å². The van der Waals surface area contributed by atoms with Crippen LogP contribution in [0.3, 0.4) is 0 Å². The Kier molecular flexibility index (Phi) is 6.18. The summed E-state index contributed by atoms with van der Waals surface area (Å²) in [7, 11) is 2.86. The number of hydrogen-bond donors (Lipinski definition) is 2. The van der Waals surface area contributed by atoms with E-state index in [0.717, 1.165) is 16.7 Å². The van der Waals surface area contributed by atoms with Crippen molar-refractivity contribution in [3.05, 3.63) is 71.9 Å². The van der Waals surface area contributed by atoms with Gasteiger partial charge in [-0.1, -0.05) is 42.5 Å². The highest BCUT2D eigenvalue weighted by Gasteiger charge is 2.15. The van der Waals surface area contributed by atoms with E-state index in [1.165, 1.54) is 7.11 Å². The van der Waals surface area contributed by atoms with E-state index in [1.807, 2.05) is 48.5 Å². The quantitative estimate of drug-likeness (QED) is 0.680. The number of benzene rings is 2. The molecule has 0 saturated carbocycles. The molecule has 0 spiro atoms. The van der Waals surface area contributed by atoms with Crippen LogP contribution >= 0.6 is 0 Å². The van der Waals surface area contributed by atoms with Crippen molar-refractivity contribution in [3.8, 4) is 17.0 Å². The third-order valence-electron chi connectivity index (χ3n) is 4.28. The van der Waals surface area contributed by atoms with Gasteiger partial charge in [-0.25, -0.2) is 4.79 Å². The second-order valence-corrected chi connectivity index (χ2v) is 6.18. The first-order valence-electron chi connectivity index (χ1n) is 8.77. The fourth-order valence-corrected chi connectivity index (χ4v) is 2.81. The molecule has 1 unspecified atom stereocenters. The topological polar surface area (TPSA) is 99.4 Å². The van der Waals surface area contributed by atoms with Crippen molar-refractivity contribution in [2.24, 2.45) is 5.73 Å². The van der Waals surface area contributed by atoms with Crippen molar-refractivity contribution < 1.29 is 14.3 Å². The zero-order chi connectivity index (χ0) is 19.9. The van der Waals surface area contributed by atoms with Crippen LogP contribution < -0.4 is 15.8 Å². The molecule has 3 rings (SSSR count). The molecule has 7 heteroatoms. The molecular formula is C21H22N4O3. The molecule has 0 aliphatic heterocycles. The number of nitrogens with two attached hydrogens (primary N) is 1. The summed E-state index contributed by atoms with van der Waals surface area (Å²) in [6, 6.07) is 18.9. The lowest BCUT2D eigenvalue weighted by atomic mass is 10.0. The maximum atomic E-state index is 11.3. The smallest absolute Gasteiger partial charge is 0.411 e. The molecule has 3 N–H and O–H groups in total. The Morgan fingerprint density at radius 2 is 1.79 bits per heavy atom. The minimum atomic E-state index is -0.523. The van der Waals surface area contributed by atoms with Crippen molar-refractivity contribution in [2.75, 3.05) is 19.5 Å². The Morgan fingerprint density at radius 3 is 2.43 bits per heavy atom. The van der Waals surface area contributed by atoms with Crippen molar-refractivity contribution in [1.82, 2.24) is 10.2 Å². The van der Waals surface area contributed by atoms with Crippen molar-refractivity contribution in [1.29, 1.82) is 0 Å². The number of carbonyl (C=O) groups is 1. The molecule has 0 saturated heterocycles. The fraction of sp³-hybridized carbons (Fsp3) is 0.190. The van der Waals surface area contributed by atoms with Crippen LogP contribution in [-0.2, 0) is 11.2 Å². The molecule has 1 heterocycles. The highest BCUT2D eigenvalue weighted by atomic mass is 16.5. The lowest BCUT2D eigenvalue weighted by molar-refractivity contribution is 0.187. The molecular weight excluding hydrogens is 356 g/mol. The molecule has 0 radical (unpaired) electrons. The normalized spacial score (nSPS) is 11.5. The van der Waals surface area contributed by atoms with Crippen LogP contribution in [0.5, 0.6) is 5.88 Å². The van der Waals surface area contributed by atoms with Crippen molar-refractivity contribution in [3.63, 3.8) is 0 Å². The monoisotopic (exact) mass is 378 g/mol. The van der Waals surface area contributed by atoms with Gasteiger partial charge in [0.2, 0.25) is 5.88 Å². The minimum Gasteiger partial charge on any atom is -0.479 e. The van der Waals surface area contributed by atoms with Crippen LogP contribution in [0.2, 0.25) is 0 Å². The number of nitrogens with one attached hydrogen (secondary N) is 1. The fourth-order valence-electron chi connectivity index (χ4n) is 2.81. The maximum Gasteiger partial charge on any atom is 0.411 e. The predicted molar refractivity (Wildman–Crippen MR) is 107 cm³/mol. The van der Waals surface area contributed by atoms with Crippen molar-refractivity contribution in [2.45, 2.75) is 12.5 Å². The van der Waals surface area contributed by atoms with Gasteiger partial charge in [0.25, 0.3) is 0 Å². The molecule has 7 nitrogen and oxygen atoms in total. The molecule has 0 aliphatic rings. The lowest BCUT2D eigenvalue weighted by Crippen LogP contribution is -2.16. The van der Waals surface area contributed by atoms with E-state index < -0.39 is 6.09 Å². The van der Waals surface area contributed by atoms with Crippen LogP contribution in [0.25, 0.3) is 11.1 Å². The first-order chi connectivity index (χ1) is 13.6. The number of nitrogens with zero attached hydrogens (tertiary/aromatic N) is 2. The van der Waals surface area contributed by atoms with Gasteiger partial charge in [-0.15, -0.1) is 5.10 Å². The van der Waals surface area contributed by atoms with Crippen molar-refractivity contribution >= 4 is 11.8 Å². The molecule has 1 atom stereocenters. The van der Waals surface area contributed by atoms with Gasteiger partial charge in [0, 0.05) is 11.3 Å². The molecule has 1 amide bonds. The highest BCUT2D eigenvalue weighted by molar-refractivity contribution is 5.85. The van der Waals surface area contributed by atoms with Crippen LogP contribution in [0.1, 0.15) is 17.3 Å². The average Bonchev–Trinajstić information content (AvgIpc) is 2.74. The largest absolute Gasteiger partial charge is 0.479 e. The van der Waals surface area contributed by atoms with E-state index in [-0.39, 0.29) is 6.04 Å². The standard InChI is InChI=1S/C21H22N4O3/c1-27-20-17(15-8-10-16(11-9-15)23-21(26)28-2)13-19(24-25-20)18(22)12-14-6-4-3-5-7-14/h3-11,13,18H,12,22H2,1-2H3,(H,23,26). The van der Waals surface area contributed by atoms with Gasteiger partial charge >= 0.3 is 6.09 Å². The van der Waals surface area contributed by atoms with Gasteiger partial charge in [0.1, 0.15) is 0 Å². The summed E-state index contributed by atoms with van der Waals surface area (Å²) in [5.74, 6) is 0.407. The second-order valence-electron chi connectivity index (χ2n) is 6.18. The molecule has 3 aromatic rings. The van der Waals surface area contributed by atoms with E-state index in [1.54, 1.807) is 19.2 Å². The molecule has 0 fully saturated rings. The molecule has 144 valence electrons. The van der Waals surface area contributed by atoms with Crippen LogP contribution in [-0.4, -0.2) is 30.5 Å². The van der Waals surface area contributed by atoms with E-state index in [0.29, 0.717) is 23.7 Å². The molecule has 0 aliphatic carbocycles. The number of rotatable bonds is 6. The Hall–Kier alpha value is -3.45. The van der Waals surface area contributed by atoms with Gasteiger partial charge < -0.3 is 15.2 Å². The number of carbonyl (C=O) groups excluding carboxylic acids is 1. The summed E-state index contributed by atoms with van der Waals surface area (Å²) in [5, 5.41) is 11.0. The van der Waals surface area contributed by atoms with Gasteiger partial charge in [0.15, 0.2) is 0 Å². The van der Waals surface area contributed by atoms with Crippen LogP contribution in [0.15, 0.2) is 60.7 Å². The van der Waals surface area contributed by atoms with Gasteiger partial charge in [-0.3, -0.25) is 5.32 Å². The summed E-state index contributed by atoms with van der Waals surface area (Å²) in [4.78, 5) is 11.3. The number of methoxy groups -OCH3 is 2. The molecule has 2 aromatic carbocycles. The first kappa shape index (κ1) is 19.3. The summed E-state index contributed by atoms with van der Waals surface area (Å²) in [5.41, 5.74) is 10.4. The lowest BCUT2D eigenvalue weighted by Gasteiger charge is -2.14. The van der Waals surface area contributed by atoms with E-state index in [9.17, 15) is 4.79 Å². The van der Waals surface area contributed by atoms with Gasteiger partial charge in [-0.05, 0) is 35.7 Å². The Balaban J connectivity index is 1.85. The first-order valence-corrected chi connectivity index (χ1v) is 8.77.